The molecule has 0 spiro atoms. The number of fused-ring (bicyclic) bond motifs is 1. The van der Waals surface area contributed by atoms with Gasteiger partial charge in [-0.15, -0.1) is 0 Å². The fourth-order valence-electron chi connectivity index (χ4n) is 2.24. The van der Waals surface area contributed by atoms with Crippen LogP contribution in [0.4, 0.5) is 0 Å². The maximum Gasteiger partial charge on any atom is 0.145 e. The number of aromatic nitrogens is 1. The van der Waals surface area contributed by atoms with E-state index in [1.165, 1.54) is 0 Å². The molecule has 0 saturated carbocycles. The van der Waals surface area contributed by atoms with Crippen LogP contribution in [-0.4, -0.2) is 12.1 Å². The highest BCUT2D eigenvalue weighted by atomic mass is 16.5. The number of ether oxygens (including phenoxy) is 1. The number of hydrogen-bond donors (Lipinski definition) is 1. The van der Waals surface area contributed by atoms with Crippen molar-refractivity contribution in [2.45, 2.75) is 39.2 Å². The standard InChI is InChI=1S/C16H22N2O/c1-10(2)13-9-12(16(3,4)17)11-7-6-8-14(19-5)15(11)18-13/h6-10H,17H2,1-5H3. The quantitative estimate of drug-likeness (QED) is 0.915. The van der Waals surface area contributed by atoms with Gasteiger partial charge in [0.2, 0.25) is 0 Å². The van der Waals surface area contributed by atoms with E-state index < -0.39 is 5.54 Å². The molecule has 0 atom stereocenters. The number of methoxy groups -OCH3 is 1. The van der Waals surface area contributed by atoms with Crippen LogP contribution in [0.25, 0.3) is 10.9 Å². The molecule has 102 valence electrons. The Labute approximate surface area is 114 Å². The summed E-state index contributed by atoms with van der Waals surface area (Å²) in [6, 6.07) is 8.09. The van der Waals surface area contributed by atoms with Crippen molar-refractivity contribution >= 4 is 10.9 Å². The third-order valence-electron chi connectivity index (χ3n) is 3.33. The third kappa shape index (κ3) is 2.56. The van der Waals surface area contributed by atoms with Crippen LogP contribution in [0.2, 0.25) is 0 Å². The Balaban J connectivity index is 2.86. The molecular weight excluding hydrogens is 236 g/mol. The maximum absolute atomic E-state index is 6.31. The molecule has 2 N–H and O–H groups in total. The smallest absolute Gasteiger partial charge is 0.145 e. The molecule has 0 amide bonds. The van der Waals surface area contributed by atoms with Crippen molar-refractivity contribution < 1.29 is 4.74 Å². The number of nitrogens with zero attached hydrogens (tertiary/aromatic N) is 1. The monoisotopic (exact) mass is 258 g/mol. The van der Waals surface area contributed by atoms with Crippen molar-refractivity contribution in [1.29, 1.82) is 0 Å². The topological polar surface area (TPSA) is 48.1 Å². The number of pyridine rings is 1. The first-order valence-electron chi connectivity index (χ1n) is 6.61. The average molecular weight is 258 g/mol. The Morgan fingerprint density at radius 1 is 1.26 bits per heavy atom. The molecule has 3 nitrogen and oxygen atoms in total. The van der Waals surface area contributed by atoms with Gasteiger partial charge in [-0.2, -0.15) is 0 Å². The van der Waals surface area contributed by atoms with Gasteiger partial charge in [-0.3, -0.25) is 0 Å². The van der Waals surface area contributed by atoms with E-state index in [1.807, 2.05) is 26.0 Å². The molecule has 1 aromatic carbocycles. The zero-order valence-corrected chi connectivity index (χ0v) is 12.3. The molecule has 0 saturated heterocycles. The lowest BCUT2D eigenvalue weighted by molar-refractivity contribution is 0.418. The molecule has 0 aliphatic heterocycles. The summed E-state index contributed by atoms with van der Waals surface area (Å²) in [5, 5.41) is 1.07. The summed E-state index contributed by atoms with van der Waals surface area (Å²) in [6.07, 6.45) is 0. The number of hydrogen-bond acceptors (Lipinski definition) is 3. The second-order valence-electron chi connectivity index (χ2n) is 5.83. The van der Waals surface area contributed by atoms with Crippen LogP contribution in [0.5, 0.6) is 5.75 Å². The van der Waals surface area contributed by atoms with Crippen LogP contribution in [0.1, 0.15) is 44.9 Å². The van der Waals surface area contributed by atoms with Gasteiger partial charge in [-0.1, -0.05) is 26.0 Å². The van der Waals surface area contributed by atoms with Crippen LogP contribution in [0.3, 0.4) is 0 Å². The van der Waals surface area contributed by atoms with E-state index in [0.717, 1.165) is 27.9 Å². The Bertz CT molecular complexity index is 597. The van der Waals surface area contributed by atoms with Gasteiger partial charge in [0.15, 0.2) is 0 Å². The molecule has 1 heterocycles. The van der Waals surface area contributed by atoms with Crippen molar-refractivity contribution in [3.63, 3.8) is 0 Å². The minimum atomic E-state index is -0.406. The minimum Gasteiger partial charge on any atom is -0.494 e. The molecule has 2 aromatic rings. The predicted octanol–water partition coefficient (Wildman–Crippen LogP) is 3.56. The number of nitrogens with two attached hydrogens (primary N) is 1. The lowest BCUT2D eigenvalue weighted by atomic mass is 9.90. The fourth-order valence-corrected chi connectivity index (χ4v) is 2.24. The molecule has 0 aliphatic rings. The molecule has 0 aliphatic carbocycles. The molecule has 2 rings (SSSR count). The molecule has 1 aromatic heterocycles. The Morgan fingerprint density at radius 2 is 1.95 bits per heavy atom. The summed E-state index contributed by atoms with van der Waals surface area (Å²) in [5.74, 6) is 1.15. The SMILES string of the molecule is COc1cccc2c(C(C)(C)N)cc(C(C)C)nc12. The first kappa shape index (κ1) is 13.8. The van der Waals surface area contributed by atoms with E-state index in [0.29, 0.717) is 5.92 Å². The van der Waals surface area contributed by atoms with Crippen LogP contribution >= 0.6 is 0 Å². The van der Waals surface area contributed by atoms with E-state index in [-0.39, 0.29) is 0 Å². The Kier molecular flexibility index (Phi) is 3.50. The first-order valence-corrected chi connectivity index (χ1v) is 6.61. The van der Waals surface area contributed by atoms with Crippen LogP contribution in [-0.2, 0) is 5.54 Å². The third-order valence-corrected chi connectivity index (χ3v) is 3.33. The highest BCUT2D eigenvalue weighted by molar-refractivity contribution is 5.88. The number of benzene rings is 1. The van der Waals surface area contributed by atoms with E-state index in [4.69, 9.17) is 15.5 Å². The second kappa shape index (κ2) is 4.82. The summed E-state index contributed by atoms with van der Waals surface area (Å²) in [5.41, 5.74) is 8.96. The normalized spacial score (nSPS) is 12.2. The van der Waals surface area contributed by atoms with E-state index in [2.05, 4.69) is 26.0 Å². The fraction of sp³-hybridized carbons (Fsp3) is 0.438. The largest absolute Gasteiger partial charge is 0.494 e. The van der Waals surface area contributed by atoms with Crippen LogP contribution in [0.15, 0.2) is 24.3 Å². The highest BCUT2D eigenvalue weighted by Crippen LogP contribution is 2.33. The molecule has 0 radical (unpaired) electrons. The summed E-state index contributed by atoms with van der Waals surface area (Å²) in [6.45, 7) is 8.31. The predicted molar refractivity (Wildman–Crippen MR) is 79.6 cm³/mol. The molecule has 0 unspecified atom stereocenters. The first-order chi connectivity index (χ1) is 8.84. The van der Waals surface area contributed by atoms with Crippen molar-refractivity contribution in [2.24, 2.45) is 5.73 Å². The van der Waals surface area contributed by atoms with Gasteiger partial charge in [0, 0.05) is 16.6 Å². The Morgan fingerprint density at radius 3 is 2.47 bits per heavy atom. The summed E-state index contributed by atoms with van der Waals surface area (Å²) in [7, 11) is 1.67. The second-order valence-corrected chi connectivity index (χ2v) is 5.83. The van der Waals surface area contributed by atoms with E-state index in [9.17, 15) is 0 Å². The summed E-state index contributed by atoms with van der Waals surface area (Å²) < 4.78 is 5.43. The molecule has 0 bridgehead atoms. The molecular formula is C16H22N2O. The van der Waals surface area contributed by atoms with E-state index in [1.54, 1.807) is 7.11 Å². The van der Waals surface area contributed by atoms with Gasteiger partial charge < -0.3 is 10.5 Å². The van der Waals surface area contributed by atoms with Crippen molar-refractivity contribution in [3.8, 4) is 5.75 Å². The summed E-state index contributed by atoms with van der Waals surface area (Å²) >= 11 is 0. The van der Waals surface area contributed by atoms with Gasteiger partial charge in [-0.05, 0) is 37.5 Å². The van der Waals surface area contributed by atoms with Crippen LogP contribution in [0, 0.1) is 0 Å². The number of rotatable bonds is 3. The van der Waals surface area contributed by atoms with Gasteiger partial charge in [-0.25, -0.2) is 4.98 Å². The van der Waals surface area contributed by atoms with E-state index >= 15 is 0 Å². The van der Waals surface area contributed by atoms with Crippen molar-refractivity contribution in [1.82, 2.24) is 4.98 Å². The lowest BCUT2D eigenvalue weighted by Crippen LogP contribution is -2.29. The zero-order valence-electron chi connectivity index (χ0n) is 12.3. The maximum atomic E-state index is 6.31. The zero-order chi connectivity index (χ0) is 14.2. The van der Waals surface area contributed by atoms with Gasteiger partial charge in [0.1, 0.15) is 11.3 Å². The lowest BCUT2D eigenvalue weighted by Gasteiger charge is -2.23. The minimum absolute atomic E-state index is 0.357. The average Bonchev–Trinajstić information content (AvgIpc) is 2.35. The van der Waals surface area contributed by atoms with Crippen molar-refractivity contribution in [3.05, 3.63) is 35.5 Å². The van der Waals surface area contributed by atoms with Gasteiger partial charge in [0.25, 0.3) is 0 Å². The molecule has 0 fully saturated rings. The Hall–Kier alpha value is -1.61. The van der Waals surface area contributed by atoms with Crippen molar-refractivity contribution in [2.75, 3.05) is 7.11 Å². The summed E-state index contributed by atoms with van der Waals surface area (Å²) in [4.78, 5) is 4.74. The highest BCUT2D eigenvalue weighted by Gasteiger charge is 2.21. The van der Waals surface area contributed by atoms with Crippen LogP contribution < -0.4 is 10.5 Å². The molecule has 3 heteroatoms. The van der Waals surface area contributed by atoms with Gasteiger partial charge in [0.05, 0.1) is 7.11 Å². The number of para-hydroxylation sites is 1. The molecule has 19 heavy (non-hydrogen) atoms. The van der Waals surface area contributed by atoms with Gasteiger partial charge >= 0.3 is 0 Å².